The molecule has 0 radical (unpaired) electrons. The summed E-state index contributed by atoms with van der Waals surface area (Å²) in [5, 5.41) is 2.87. The number of nitrogens with zero attached hydrogens (tertiary/aromatic N) is 1. The van der Waals surface area contributed by atoms with Crippen molar-refractivity contribution in [3.8, 4) is 0 Å². The van der Waals surface area contributed by atoms with Crippen LogP contribution >= 0.6 is 15.9 Å². The van der Waals surface area contributed by atoms with Crippen molar-refractivity contribution in [3.05, 3.63) is 11.1 Å². The van der Waals surface area contributed by atoms with Gasteiger partial charge < -0.3 is 5.32 Å². The molecule has 0 aromatic rings. The molecule has 0 aliphatic carbocycles. The Morgan fingerprint density at radius 2 is 2.54 bits per heavy atom. The fourth-order valence-electron chi connectivity index (χ4n) is 1.44. The summed E-state index contributed by atoms with van der Waals surface area (Å²) in [6.45, 7) is 8.19. The van der Waals surface area contributed by atoms with Crippen molar-refractivity contribution in [2.24, 2.45) is 0 Å². The van der Waals surface area contributed by atoms with Gasteiger partial charge in [-0.2, -0.15) is 0 Å². The lowest BCUT2D eigenvalue weighted by atomic mass is 10.2. The zero-order chi connectivity index (χ0) is 9.84. The summed E-state index contributed by atoms with van der Waals surface area (Å²) >= 11 is 3.32. The Kier molecular flexibility index (Phi) is 3.93. The van der Waals surface area contributed by atoms with Crippen LogP contribution in [0.1, 0.15) is 13.3 Å². The summed E-state index contributed by atoms with van der Waals surface area (Å²) in [5.74, 6) is 0.117. The van der Waals surface area contributed by atoms with E-state index in [1.807, 2.05) is 6.92 Å². The molecule has 1 fully saturated rings. The first-order chi connectivity index (χ1) is 6.11. The molecule has 0 aromatic heterocycles. The topological polar surface area (TPSA) is 32.3 Å². The van der Waals surface area contributed by atoms with Crippen LogP contribution < -0.4 is 5.32 Å². The number of halogens is 1. The van der Waals surface area contributed by atoms with E-state index >= 15 is 0 Å². The van der Waals surface area contributed by atoms with Gasteiger partial charge in [-0.25, -0.2) is 0 Å². The van der Waals surface area contributed by atoms with Crippen LogP contribution in [0, 0.1) is 0 Å². The van der Waals surface area contributed by atoms with Crippen LogP contribution in [0.2, 0.25) is 0 Å². The van der Waals surface area contributed by atoms with Crippen LogP contribution in [0.4, 0.5) is 0 Å². The third-order valence-corrected chi connectivity index (χ3v) is 2.47. The van der Waals surface area contributed by atoms with Crippen LogP contribution in [-0.2, 0) is 4.79 Å². The molecule has 3 nitrogen and oxygen atoms in total. The number of nitrogens with one attached hydrogen (secondary N) is 1. The van der Waals surface area contributed by atoms with Gasteiger partial charge in [0.15, 0.2) is 0 Å². The average molecular weight is 247 g/mol. The quantitative estimate of drug-likeness (QED) is 0.792. The number of hydrogen-bond acceptors (Lipinski definition) is 2. The Hall–Kier alpha value is -0.350. The molecule has 1 heterocycles. The number of carbonyl (C=O) groups is 1. The van der Waals surface area contributed by atoms with E-state index in [0.29, 0.717) is 0 Å². The van der Waals surface area contributed by atoms with Crippen LogP contribution in [0.5, 0.6) is 0 Å². The van der Waals surface area contributed by atoms with Gasteiger partial charge in [-0.3, -0.25) is 9.69 Å². The Bertz CT molecular complexity index is 218. The van der Waals surface area contributed by atoms with E-state index in [1.165, 1.54) is 0 Å². The smallest absolute Gasteiger partial charge is 0.237 e. The first kappa shape index (κ1) is 10.7. The minimum atomic E-state index is -0.0446. The Labute approximate surface area is 87.3 Å². The van der Waals surface area contributed by atoms with E-state index in [0.717, 1.165) is 30.5 Å². The fraction of sp³-hybridized carbons (Fsp3) is 0.667. The van der Waals surface area contributed by atoms with Crippen molar-refractivity contribution in [1.29, 1.82) is 0 Å². The molecule has 1 aliphatic heterocycles. The van der Waals surface area contributed by atoms with Gasteiger partial charge in [0.2, 0.25) is 5.91 Å². The SMILES string of the molecule is C=C(Br)CN1CCCNC(=O)C1C. The van der Waals surface area contributed by atoms with E-state index in [1.54, 1.807) is 0 Å². The van der Waals surface area contributed by atoms with E-state index < -0.39 is 0 Å². The largest absolute Gasteiger partial charge is 0.355 e. The highest BCUT2D eigenvalue weighted by Gasteiger charge is 2.23. The van der Waals surface area contributed by atoms with E-state index in [9.17, 15) is 4.79 Å². The first-order valence-corrected chi connectivity index (χ1v) is 5.25. The summed E-state index contributed by atoms with van der Waals surface area (Å²) in [6, 6.07) is -0.0446. The fourth-order valence-corrected chi connectivity index (χ4v) is 1.76. The second-order valence-electron chi connectivity index (χ2n) is 3.31. The van der Waals surface area contributed by atoms with Crippen molar-refractivity contribution in [2.75, 3.05) is 19.6 Å². The molecule has 1 atom stereocenters. The lowest BCUT2D eigenvalue weighted by Gasteiger charge is -2.24. The van der Waals surface area contributed by atoms with Gasteiger partial charge in [0.1, 0.15) is 0 Å². The minimum absolute atomic E-state index is 0.0446. The zero-order valence-electron chi connectivity index (χ0n) is 7.85. The molecule has 1 aliphatic rings. The zero-order valence-corrected chi connectivity index (χ0v) is 9.43. The monoisotopic (exact) mass is 246 g/mol. The summed E-state index contributed by atoms with van der Waals surface area (Å²) in [4.78, 5) is 13.5. The molecule has 13 heavy (non-hydrogen) atoms. The van der Waals surface area contributed by atoms with Crippen LogP contribution in [0.15, 0.2) is 11.1 Å². The molecule has 4 heteroatoms. The van der Waals surface area contributed by atoms with E-state index in [2.05, 4.69) is 32.7 Å². The Morgan fingerprint density at radius 1 is 1.85 bits per heavy atom. The normalized spacial score (nSPS) is 25.1. The second kappa shape index (κ2) is 4.77. The maximum atomic E-state index is 11.4. The minimum Gasteiger partial charge on any atom is -0.355 e. The number of carbonyl (C=O) groups excluding carboxylic acids is 1. The standard InChI is InChI=1S/C9H15BrN2O/c1-7(10)6-12-5-3-4-11-9(13)8(12)2/h8H,1,3-6H2,2H3,(H,11,13). The molecule has 1 amide bonds. The highest BCUT2D eigenvalue weighted by Crippen LogP contribution is 2.10. The molecule has 0 spiro atoms. The van der Waals surface area contributed by atoms with Crippen LogP contribution in [0.3, 0.4) is 0 Å². The van der Waals surface area contributed by atoms with Crippen LogP contribution in [-0.4, -0.2) is 36.5 Å². The summed E-state index contributed by atoms with van der Waals surface area (Å²) < 4.78 is 0.925. The molecule has 1 N–H and O–H groups in total. The van der Waals surface area contributed by atoms with Crippen molar-refractivity contribution < 1.29 is 4.79 Å². The molecule has 1 rings (SSSR count). The highest BCUT2D eigenvalue weighted by atomic mass is 79.9. The molecular weight excluding hydrogens is 232 g/mol. The molecule has 1 unspecified atom stereocenters. The number of rotatable bonds is 2. The van der Waals surface area contributed by atoms with E-state index in [4.69, 9.17) is 0 Å². The molecule has 1 saturated heterocycles. The average Bonchev–Trinajstić information content (AvgIpc) is 2.19. The van der Waals surface area contributed by atoms with Crippen molar-refractivity contribution in [1.82, 2.24) is 10.2 Å². The second-order valence-corrected chi connectivity index (χ2v) is 4.43. The van der Waals surface area contributed by atoms with Gasteiger partial charge in [-0.1, -0.05) is 22.5 Å². The number of hydrogen-bond donors (Lipinski definition) is 1. The summed E-state index contributed by atoms with van der Waals surface area (Å²) in [7, 11) is 0. The van der Waals surface area contributed by atoms with Gasteiger partial charge in [-0.05, 0) is 13.3 Å². The first-order valence-electron chi connectivity index (χ1n) is 4.46. The Morgan fingerprint density at radius 3 is 3.15 bits per heavy atom. The number of amides is 1. The molecule has 0 bridgehead atoms. The van der Waals surface area contributed by atoms with E-state index in [-0.39, 0.29) is 11.9 Å². The van der Waals surface area contributed by atoms with Gasteiger partial charge in [-0.15, -0.1) is 0 Å². The predicted molar refractivity (Wildman–Crippen MR) is 56.7 cm³/mol. The van der Waals surface area contributed by atoms with Gasteiger partial charge in [0, 0.05) is 24.1 Å². The van der Waals surface area contributed by atoms with Crippen molar-refractivity contribution in [2.45, 2.75) is 19.4 Å². The highest BCUT2D eigenvalue weighted by molar-refractivity contribution is 9.11. The predicted octanol–water partition coefficient (Wildman–Crippen LogP) is 1.11. The van der Waals surface area contributed by atoms with Crippen molar-refractivity contribution in [3.63, 3.8) is 0 Å². The molecule has 0 saturated carbocycles. The van der Waals surface area contributed by atoms with Gasteiger partial charge in [0.25, 0.3) is 0 Å². The van der Waals surface area contributed by atoms with Gasteiger partial charge >= 0.3 is 0 Å². The van der Waals surface area contributed by atoms with Gasteiger partial charge in [0.05, 0.1) is 6.04 Å². The third-order valence-electron chi connectivity index (χ3n) is 2.22. The van der Waals surface area contributed by atoms with Crippen LogP contribution in [0.25, 0.3) is 0 Å². The summed E-state index contributed by atoms with van der Waals surface area (Å²) in [6.07, 6.45) is 1.01. The molecule has 74 valence electrons. The Balaban J connectivity index is 2.59. The summed E-state index contributed by atoms with van der Waals surface area (Å²) in [5.41, 5.74) is 0. The third kappa shape index (κ3) is 3.12. The lowest BCUT2D eigenvalue weighted by molar-refractivity contribution is -0.124. The lowest BCUT2D eigenvalue weighted by Crippen LogP contribution is -2.42. The maximum Gasteiger partial charge on any atom is 0.237 e. The molecular formula is C9H15BrN2O. The van der Waals surface area contributed by atoms with Crippen molar-refractivity contribution >= 4 is 21.8 Å². The maximum absolute atomic E-state index is 11.4. The molecule has 0 aromatic carbocycles.